The first-order valence-electron chi connectivity index (χ1n) is 5.63. The number of hydrogen-bond donors (Lipinski definition) is 0. The molecule has 4 nitrogen and oxygen atoms in total. The summed E-state index contributed by atoms with van der Waals surface area (Å²) in [5.41, 5.74) is 0. The lowest BCUT2D eigenvalue weighted by molar-refractivity contribution is 0.324. The summed E-state index contributed by atoms with van der Waals surface area (Å²) in [6.45, 7) is 6.07. The molecule has 1 atom stereocenters. The zero-order valence-corrected chi connectivity index (χ0v) is 11.9. The van der Waals surface area contributed by atoms with E-state index in [9.17, 15) is 8.42 Å². The summed E-state index contributed by atoms with van der Waals surface area (Å²) in [7, 11) is -3.54. The Labute approximate surface area is 108 Å². The molecule has 1 aromatic heterocycles. The van der Waals surface area contributed by atoms with Gasteiger partial charge in [-0.05, 0) is 25.5 Å². The summed E-state index contributed by atoms with van der Waals surface area (Å²) < 4.78 is 31.2. The van der Waals surface area contributed by atoms with E-state index in [1.54, 1.807) is 6.07 Å². The van der Waals surface area contributed by atoms with Crippen LogP contribution >= 0.6 is 11.6 Å². The number of halogens is 1. The Kier molecular flexibility index (Phi) is 5.04. The molecule has 0 bridgehead atoms. The van der Waals surface area contributed by atoms with Crippen molar-refractivity contribution in [3.05, 3.63) is 17.9 Å². The Morgan fingerprint density at radius 2 is 2.06 bits per heavy atom. The molecule has 0 saturated carbocycles. The van der Waals surface area contributed by atoms with Crippen LogP contribution in [-0.4, -0.2) is 25.3 Å². The highest BCUT2D eigenvalue weighted by Crippen LogP contribution is 2.22. The van der Waals surface area contributed by atoms with Gasteiger partial charge in [-0.1, -0.05) is 13.8 Å². The molecule has 0 saturated heterocycles. The molecule has 1 heterocycles. The third kappa shape index (κ3) is 3.03. The maximum Gasteiger partial charge on any atom is 0.276 e. The molecule has 0 fully saturated rings. The van der Waals surface area contributed by atoms with Crippen molar-refractivity contribution >= 4 is 21.6 Å². The molecule has 1 unspecified atom stereocenters. The van der Waals surface area contributed by atoms with Crippen molar-refractivity contribution in [2.45, 2.75) is 44.2 Å². The molecule has 0 amide bonds. The van der Waals surface area contributed by atoms with E-state index >= 15 is 0 Å². The first-order chi connectivity index (χ1) is 7.97. The lowest BCUT2D eigenvalue weighted by Gasteiger charge is -2.24. The summed E-state index contributed by atoms with van der Waals surface area (Å²) in [6, 6.07) is 3.00. The zero-order chi connectivity index (χ0) is 13.1. The molecule has 0 radical (unpaired) electrons. The van der Waals surface area contributed by atoms with Gasteiger partial charge in [-0.15, -0.1) is 11.6 Å². The fourth-order valence-corrected chi connectivity index (χ4v) is 3.40. The van der Waals surface area contributed by atoms with Crippen molar-refractivity contribution in [1.29, 1.82) is 0 Å². The number of furan rings is 1. The average Bonchev–Trinajstić information content (AvgIpc) is 2.78. The quantitative estimate of drug-likeness (QED) is 0.753. The molecule has 1 aromatic rings. The maximum absolute atomic E-state index is 12.3. The van der Waals surface area contributed by atoms with E-state index in [0.717, 1.165) is 6.42 Å². The summed E-state index contributed by atoms with van der Waals surface area (Å²) in [4.78, 5) is 0. The first-order valence-corrected chi connectivity index (χ1v) is 7.61. The van der Waals surface area contributed by atoms with Gasteiger partial charge in [0.15, 0.2) is 0 Å². The van der Waals surface area contributed by atoms with Crippen LogP contribution in [0.5, 0.6) is 0 Å². The molecule has 98 valence electrons. The minimum atomic E-state index is -3.54. The average molecular weight is 280 g/mol. The lowest BCUT2D eigenvalue weighted by Crippen LogP contribution is -2.37. The highest BCUT2D eigenvalue weighted by atomic mass is 35.5. The van der Waals surface area contributed by atoms with Gasteiger partial charge in [0, 0.05) is 12.6 Å². The maximum atomic E-state index is 12.3. The van der Waals surface area contributed by atoms with Gasteiger partial charge in [0.1, 0.15) is 5.76 Å². The highest BCUT2D eigenvalue weighted by Gasteiger charge is 2.29. The van der Waals surface area contributed by atoms with Crippen LogP contribution < -0.4 is 0 Å². The Balaban J connectivity index is 3.08. The SMILES string of the molecule is CCC(C)N(CC)S(=O)(=O)c1ccc(CCl)o1. The number of sulfonamides is 1. The lowest BCUT2D eigenvalue weighted by atomic mass is 10.3. The largest absolute Gasteiger partial charge is 0.447 e. The summed E-state index contributed by atoms with van der Waals surface area (Å²) in [5.74, 6) is 0.635. The molecule has 0 aliphatic rings. The summed E-state index contributed by atoms with van der Waals surface area (Å²) >= 11 is 5.59. The second kappa shape index (κ2) is 5.89. The number of nitrogens with zero attached hydrogens (tertiary/aromatic N) is 1. The molecule has 0 aromatic carbocycles. The highest BCUT2D eigenvalue weighted by molar-refractivity contribution is 7.89. The smallest absolute Gasteiger partial charge is 0.276 e. The van der Waals surface area contributed by atoms with Crippen molar-refractivity contribution in [3.63, 3.8) is 0 Å². The van der Waals surface area contributed by atoms with Crippen molar-refractivity contribution in [2.75, 3.05) is 6.54 Å². The molecular formula is C11H18ClNO3S. The van der Waals surface area contributed by atoms with Gasteiger partial charge in [0.05, 0.1) is 5.88 Å². The summed E-state index contributed by atoms with van der Waals surface area (Å²) in [5, 5.41) is -0.0321. The fraction of sp³-hybridized carbons (Fsp3) is 0.636. The zero-order valence-electron chi connectivity index (χ0n) is 10.3. The monoisotopic (exact) mass is 279 g/mol. The molecule has 0 spiro atoms. The number of rotatable bonds is 6. The molecular weight excluding hydrogens is 262 g/mol. The van der Waals surface area contributed by atoms with Crippen molar-refractivity contribution < 1.29 is 12.8 Å². The van der Waals surface area contributed by atoms with E-state index in [-0.39, 0.29) is 17.0 Å². The second-order valence-electron chi connectivity index (χ2n) is 3.82. The van der Waals surface area contributed by atoms with E-state index in [1.807, 2.05) is 20.8 Å². The molecule has 17 heavy (non-hydrogen) atoms. The van der Waals surface area contributed by atoms with Crippen LogP contribution in [0.4, 0.5) is 0 Å². The minimum Gasteiger partial charge on any atom is -0.447 e. The standard InChI is InChI=1S/C11H18ClNO3S/c1-4-9(3)13(5-2)17(14,15)11-7-6-10(8-12)16-11/h6-7,9H,4-5,8H2,1-3H3. The molecule has 0 aliphatic heterocycles. The minimum absolute atomic E-state index is 0.0321. The van der Waals surface area contributed by atoms with Gasteiger partial charge < -0.3 is 4.42 Å². The topological polar surface area (TPSA) is 50.5 Å². The Hall–Kier alpha value is -0.520. The van der Waals surface area contributed by atoms with Crippen molar-refractivity contribution in [2.24, 2.45) is 0 Å². The van der Waals surface area contributed by atoms with E-state index < -0.39 is 10.0 Å². The van der Waals surface area contributed by atoms with Crippen LogP contribution in [0.2, 0.25) is 0 Å². The molecule has 0 N–H and O–H groups in total. The summed E-state index contributed by atoms with van der Waals surface area (Å²) in [6.07, 6.45) is 0.760. The third-order valence-electron chi connectivity index (χ3n) is 2.73. The fourth-order valence-electron chi connectivity index (χ4n) is 1.61. The van der Waals surface area contributed by atoms with Crippen LogP contribution in [0.1, 0.15) is 33.0 Å². The van der Waals surface area contributed by atoms with E-state index in [0.29, 0.717) is 12.3 Å². The normalized spacial score (nSPS) is 14.2. The number of alkyl halides is 1. The first kappa shape index (κ1) is 14.5. The molecule has 1 rings (SSSR count). The van der Waals surface area contributed by atoms with Gasteiger partial charge in [-0.25, -0.2) is 8.42 Å². The predicted octanol–water partition coefficient (Wildman–Crippen LogP) is 2.83. The van der Waals surface area contributed by atoms with Crippen LogP contribution in [0.15, 0.2) is 21.6 Å². The van der Waals surface area contributed by atoms with Crippen LogP contribution in [-0.2, 0) is 15.9 Å². The Bertz CT molecular complexity index is 455. The Morgan fingerprint density at radius 1 is 1.41 bits per heavy atom. The van der Waals surface area contributed by atoms with Crippen molar-refractivity contribution in [3.8, 4) is 0 Å². The van der Waals surface area contributed by atoms with Gasteiger partial charge in [0.2, 0.25) is 5.09 Å². The van der Waals surface area contributed by atoms with E-state index in [4.69, 9.17) is 16.0 Å². The van der Waals surface area contributed by atoms with Gasteiger partial charge in [0.25, 0.3) is 10.0 Å². The van der Waals surface area contributed by atoms with Gasteiger partial charge >= 0.3 is 0 Å². The number of hydrogen-bond acceptors (Lipinski definition) is 3. The molecule has 6 heteroatoms. The van der Waals surface area contributed by atoms with Crippen LogP contribution in [0, 0.1) is 0 Å². The van der Waals surface area contributed by atoms with Gasteiger partial charge in [-0.3, -0.25) is 0 Å². The van der Waals surface area contributed by atoms with Crippen molar-refractivity contribution in [1.82, 2.24) is 4.31 Å². The van der Waals surface area contributed by atoms with E-state index in [2.05, 4.69) is 0 Å². The van der Waals surface area contributed by atoms with Gasteiger partial charge in [-0.2, -0.15) is 4.31 Å². The molecule has 0 aliphatic carbocycles. The third-order valence-corrected chi connectivity index (χ3v) is 4.95. The van der Waals surface area contributed by atoms with E-state index in [1.165, 1.54) is 10.4 Å². The van der Waals surface area contributed by atoms with Crippen LogP contribution in [0.25, 0.3) is 0 Å². The van der Waals surface area contributed by atoms with Crippen LogP contribution in [0.3, 0.4) is 0 Å². The Morgan fingerprint density at radius 3 is 2.47 bits per heavy atom. The predicted molar refractivity (Wildman–Crippen MR) is 67.6 cm³/mol. The second-order valence-corrected chi connectivity index (χ2v) is 5.91.